The summed E-state index contributed by atoms with van der Waals surface area (Å²) >= 11 is 0. The monoisotopic (exact) mass is 379 g/mol. The van der Waals surface area contributed by atoms with Gasteiger partial charge in [0.25, 0.3) is 5.56 Å². The van der Waals surface area contributed by atoms with Crippen LogP contribution in [-0.4, -0.2) is 34.6 Å². The molecule has 0 amide bonds. The topological polar surface area (TPSA) is 91.9 Å². The van der Waals surface area contributed by atoms with Gasteiger partial charge in [0.2, 0.25) is 0 Å². The van der Waals surface area contributed by atoms with Crippen molar-refractivity contribution < 1.29 is 4.74 Å². The van der Waals surface area contributed by atoms with Crippen LogP contribution in [-0.2, 0) is 24.5 Å². The summed E-state index contributed by atoms with van der Waals surface area (Å²) < 4.78 is 5.72. The number of hydrogen-bond donors (Lipinski definition) is 3. The molecule has 28 heavy (non-hydrogen) atoms. The molecule has 146 valence electrons. The van der Waals surface area contributed by atoms with Crippen molar-refractivity contribution >= 4 is 10.9 Å². The van der Waals surface area contributed by atoms with E-state index in [1.54, 1.807) is 12.3 Å². The van der Waals surface area contributed by atoms with Crippen LogP contribution in [0.25, 0.3) is 10.9 Å². The molecule has 1 atom stereocenters. The van der Waals surface area contributed by atoms with E-state index in [9.17, 15) is 4.79 Å². The van der Waals surface area contributed by atoms with Gasteiger partial charge in [0, 0.05) is 12.7 Å². The molecule has 4 rings (SSSR count). The Hall–Kier alpha value is -2.61. The minimum atomic E-state index is -0.160. The van der Waals surface area contributed by atoms with Gasteiger partial charge < -0.3 is 20.4 Å². The number of hydrogen-bond acceptors (Lipinski definition) is 6. The average Bonchev–Trinajstić information content (AvgIpc) is 3.23. The molecule has 0 bridgehead atoms. The number of H-pyrrole nitrogens is 1. The van der Waals surface area contributed by atoms with Gasteiger partial charge in [-0.2, -0.15) is 0 Å². The minimum absolute atomic E-state index is 0.160. The Morgan fingerprint density at radius 1 is 1.18 bits per heavy atom. The number of rotatable bonds is 8. The third kappa shape index (κ3) is 4.62. The molecule has 0 radical (unpaired) electrons. The van der Waals surface area contributed by atoms with Crippen LogP contribution in [0.2, 0.25) is 0 Å². The maximum atomic E-state index is 12.5. The van der Waals surface area contributed by atoms with Gasteiger partial charge in [-0.05, 0) is 43.6 Å². The van der Waals surface area contributed by atoms with Gasteiger partial charge >= 0.3 is 0 Å². The highest BCUT2D eigenvalue weighted by atomic mass is 16.5. The zero-order chi connectivity index (χ0) is 19.2. The van der Waals surface area contributed by atoms with E-state index in [1.807, 2.05) is 30.3 Å². The van der Waals surface area contributed by atoms with Crippen LogP contribution in [0.5, 0.6) is 0 Å². The lowest BCUT2D eigenvalue weighted by Gasteiger charge is -2.11. The van der Waals surface area contributed by atoms with Crippen molar-refractivity contribution in [2.75, 3.05) is 19.6 Å². The molecule has 1 fully saturated rings. The fourth-order valence-corrected chi connectivity index (χ4v) is 3.49. The molecule has 2 aromatic heterocycles. The lowest BCUT2D eigenvalue weighted by Crippen LogP contribution is -2.25. The van der Waals surface area contributed by atoms with Gasteiger partial charge in [-0.1, -0.05) is 30.3 Å². The molecule has 7 nitrogen and oxygen atoms in total. The molecule has 0 saturated carbocycles. The van der Waals surface area contributed by atoms with E-state index in [0.717, 1.165) is 30.9 Å². The van der Waals surface area contributed by atoms with Crippen molar-refractivity contribution in [1.29, 1.82) is 0 Å². The Morgan fingerprint density at radius 3 is 2.89 bits per heavy atom. The van der Waals surface area contributed by atoms with E-state index < -0.39 is 0 Å². The van der Waals surface area contributed by atoms with Crippen LogP contribution < -0.4 is 16.2 Å². The number of nitrogens with zero attached hydrogens (tertiary/aromatic N) is 2. The molecule has 3 N–H and O–H groups in total. The molecule has 1 aromatic carbocycles. The number of nitrogens with one attached hydrogen (secondary N) is 3. The number of fused-ring (bicyclic) bond motifs is 1. The molecule has 1 aliphatic heterocycles. The van der Waals surface area contributed by atoms with Crippen molar-refractivity contribution in [3.63, 3.8) is 0 Å². The van der Waals surface area contributed by atoms with Gasteiger partial charge in [-0.3, -0.25) is 9.78 Å². The zero-order valence-corrected chi connectivity index (χ0v) is 15.8. The zero-order valence-electron chi connectivity index (χ0n) is 15.8. The average molecular weight is 379 g/mol. The van der Waals surface area contributed by atoms with Gasteiger partial charge in [-0.25, -0.2) is 4.98 Å². The lowest BCUT2D eigenvalue weighted by atomic mass is 10.1. The van der Waals surface area contributed by atoms with E-state index in [1.165, 1.54) is 6.42 Å². The molecule has 1 aliphatic rings. The molecule has 7 heteroatoms. The van der Waals surface area contributed by atoms with Gasteiger partial charge in [0.15, 0.2) is 0 Å². The van der Waals surface area contributed by atoms with Crippen LogP contribution in [0.1, 0.15) is 23.5 Å². The SMILES string of the molecule is O=c1[nH]c(COCc2ccccc2)nc2c(CNCC3CCNC3)nccc12. The Bertz CT molecular complexity index is 967. The molecule has 0 aliphatic carbocycles. The second-order valence-corrected chi connectivity index (χ2v) is 7.13. The van der Waals surface area contributed by atoms with Crippen molar-refractivity contribution in [3.8, 4) is 0 Å². The third-order valence-electron chi connectivity index (χ3n) is 4.99. The molecular weight excluding hydrogens is 354 g/mol. The van der Waals surface area contributed by atoms with Gasteiger partial charge in [0.1, 0.15) is 17.9 Å². The van der Waals surface area contributed by atoms with Crippen molar-refractivity contribution in [2.24, 2.45) is 5.92 Å². The molecule has 0 spiro atoms. The summed E-state index contributed by atoms with van der Waals surface area (Å²) in [6.07, 6.45) is 2.86. The highest BCUT2D eigenvalue weighted by Crippen LogP contribution is 2.12. The Morgan fingerprint density at radius 2 is 2.07 bits per heavy atom. The number of benzene rings is 1. The number of aromatic nitrogens is 3. The van der Waals surface area contributed by atoms with Crippen LogP contribution in [0.15, 0.2) is 47.4 Å². The summed E-state index contributed by atoms with van der Waals surface area (Å²) in [5, 5.41) is 7.38. The van der Waals surface area contributed by atoms with Crippen molar-refractivity contribution in [3.05, 3.63) is 70.0 Å². The third-order valence-corrected chi connectivity index (χ3v) is 4.99. The second-order valence-electron chi connectivity index (χ2n) is 7.13. The summed E-state index contributed by atoms with van der Waals surface area (Å²) in [5.74, 6) is 1.16. The molecule has 1 unspecified atom stereocenters. The van der Waals surface area contributed by atoms with Gasteiger partial charge in [0.05, 0.1) is 17.7 Å². The van der Waals surface area contributed by atoms with E-state index in [4.69, 9.17) is 4.74 Å². The standard InChI is InChI=1S/C21H25N5O2/c27-21-17-7-9-24-18(12-23-11-16-6-8-22-10-16)20(17)25-19(26-21)14-28-13-15-4-2-1-3-5-15/h1-5,7,9,16,22-23H,6,8,10-14H2,(H,25,26,27). The maximum absolute atomic E-state index is 12.5. The van der Waals surface area contributed by atoms with Crippen molar-refractivity contribution in [2.45, 2.75) is 26.2 Å². The van der Waals surface area contributed by atoms with Crippen LogP contribution in [0.4, 0.5) is 0 Å². The largest absolute Gasteiger partial charge is 0.369 e. The highest BCUT2D eigenvalue weighted by molar-refractivity contribution is 5.79. The molecule has 1 saturated heterocycles. The van der Waals surface area contributed by atoms with E-state index in [-0.39, 0.29) is 12.2 Å². The summed E-state index contributed by atoms with van der Waals surface area (Å²) in [6, 6.07) is 11.6. The predicted octanol–water partition coefficient (Wildman–Crippen LogP) is 1.73. The van der Waals surface area contributed by atoms with Crippen LogP contribution in [0.3, 0.4) is 0 Å². The van der Waals surface area contributed by atoms with Crippen LogP contribution in [0, 0.1) is 5.92 Å². The number of ether oxygens (including phenoxy) is 1. The maximum Gasteiger partial charge on any atom is 0.258 e. The number of aromatic amines is 1. The minimum Gasteiger partial charge on any atom is -0.369 e. The van der Waals surface area contributed by atoms with E-state index in [2.05, 4.69) is 25.6 Å². The summed E-state index contributed by atoms with van der Waals surface area (Å²) in [7, 11) is 0. The normalized spacial score (nSPS) is 16.6. The first-order valence-corrected chi connectivity index (χ1v) is 9.69. The first-order valence-electron chi connectivity index (χ1n) is 9.69. The Labute approximate surface area is 163 Å². The second kappa shape index (κ2) is 9.05. The summed E-state index contributed by atoms with van der Waals surface area (Å²) in [6.45, 7) is 4.38. The fourth-order valence-electron chi connectivity index (χ4n) is 3.49. The predicted molar refractivity (Wildman–Crippen MR) is 108 cm³/mol. The molecule has 3 aromatic rings. The fraction of sp³-hybridized carbons (Fsp3) is 0.381. The first-order chi connectivity index (χ1) is 13.8. The first kappa shape index (κ1) is 18.7. The highest BCUT2D eigenvalue weighted by Gasteiger charge is 2.14. The Balaban J connectivity index is 1.45. The smallest absolute Gasteiger partial charge is 0.258 e. The Kier molecular flexibility index (Phi) is 6.06. The lowest BCUT2D eigenvalue weighted by molar-refractivity contribution is 0.102. The van der Waals surface area contributed by atoms with E-state index >= 15 is 0 Å². The summed E-state index contributed by atoms with van der Waals surface area (Å²) in [5.41, 5.74) is 2.35. The quantitative estimate of drug-likeness (QED) is 0.552. The van der Waals surface area contributed by atoms with Crippen molar-refractivity contribution in [1.82, 2.24) is 25.6 Å². The molecule has 3 heterocycles. The van der Waals surface area contributed by atoms with Crippen LogP contribution >= 0.6 is 0 Å². The number of pyridine rings is 1. The molecular formula is C21H25N5O2. The van der Waals surface area contributed by atoms with E-state index in [0.29, 0.717) is 35.8 Å². The summed E-state index contributed by atoms with van der Waals surface area (Å²) in [4.78, 5) is 24.3. The van der Waals surface area contributed by atoms with Gasteiger partial charge in [-0.15, -0.1) is 0 Å².